The Balaban J connectivity index is 2.16. The Morgan fingerprint density at radius 2 is 1.89 bits per heavy atom. The minimum absolute atomic E-state index is 0.182. The van der Waals surface area contributed by atoms with Crippen LogP contribution < -0.4 is 5.32 Å². The minimum atomic E-state index is 0.182. The molecule has 19 heavy (non-hydrogen) atoms. The van der Waals surface area contributed by atoms with Crippen LogP contribution in [0.5, 0.6) is 0 Å². The van der Waals surface area contributed by atoms with Crippen LogP contribution in [0.1, 0.15) is 37.2 Å². The number of methoxy groups -OCH3 is 1. The minimum Gasteiger partial charge on any atom is -0.382 e. The van der Waals surface area contributed by atoms with Crippen LogP contribution in [0.25, 0.3) is 0 Å². The lowest BCUT2D eigenvalue weighted by atomic mass is 10.1. The first-order chi connectivity index (χ1) is 9.01. The van der Waals surface area contributed by atoms with Crippen LogP contribution >= 0.6 is 11.3 Å². The lowest BCUT2D eigenvalue weighted by molar-refractivity contribution is 0.0613. The summed E-state index contributed by atoms with van der Waals surface area (Å²) >= 11 is 1.63. The Bertz CT molecular complexity index is 350. The van der Waals surface area contributed by atoms with Gasteiger partial charge >= 0.3 is 0 Å². The average molecular weight is 287 g/mol. The zero-order valence-corrected chi connectivity index (χ0v) is 13.2. The number of ether oxygens (including phenoxy) is 2. The Labute approximate surface area is 119 Å². The molecule has 1 N–H and O–H groups in total. The molecule has 0 saturated carbocycles. The van der Waals surface area contributed by atoms with Gasteiger partial charge in [0.25, 0.3) is 0 Å². The van der Waals surface area contributed by atoms with Crippen LogP contribution in [0.15, 0.2) is 0 Å². The standard InChI is InChI=1S/C13H25N3O2S/c1-13(2,3)14-7-5-6-11-15-16-12(19-11)10-18-9-8-17-4/h14H,5-10H2,1-4H3. The van der Waals surface area contributed by atoms with Gasteiger partial charge in [-0.2, -0.15) is 0 Å². The summed E-state index contributed by atoms with van der Waals surface area (Å²) in [6.07, 6.45) is 2.05. The van der Waals surface area contributed by atoms with Crippen molar-refractivity contribution >= 4 is 11.3 Å². The van der Waals surface area contributed by atoms with Gasteiger partial charge in [-0.3, -0.25) is 0 Å². The fourth-order valence-electron chi connectivity index (χ4n) is 1.45. The van der Waals surface area contributed by atoms with E-state index in [0.29, 0.717) is 19.8 Å². The van der Waals surface area contributed by atoms with Gasteiger partial charge in [-0.05, 0) is 33.7 Å². The zero-order valence-electron chi connectivity index (χ0n) is 12.4. The Morgan fingerprint density at radius 1 is 1.16 bits per heavy atom. The number of nitrogens with zero attached hydrogens (tertiary/aromatic N) is 2. The van der Waals surface area contributed by atoms with Crippen LogP contribution in [-0.4, -0.2) is 42.6 Å². The maximum Gasteiger partial charge on any atom is 0.143 e. The van der Waals surface area contributed by atoms with Gasteiger partial charge in [-0.25, -0.2) is 0 Å². The molecule has 1 rings (SSSR count). The van der Waals surface area contributed by atoms with Crippen molar-refractivity contribution in [1.29, 1.82) is 0 Å². The fraction of sp³-hybridized carbons (Fsp3) is 0.846. The molecule has 1 aromatic heterocycles. The van der Waals surface area contributed by atoms with Crippen molar-refractivity contribution < 1.29 is 9.47 Å². The summed E-state index contributed by atoms with van der Waals surface area (Å²) in [6, 6.07) is 0. The molecule has 0 unspecified atom stereocenters. The average Bonchev–Trinajstić information content (AvgIpc) is 2.77. The van der Waals surface area contributed by atoms with Gasteiger partial charge < -0.3 is 14.8 Å². The molecular formula is C13H25N3O2S. The molecule has 0 aliphatic carbocycles. The lowest BCUT2D eigenvalue weighted by Crippen LogP contribution is -2.36. The normalized spacial score (nSPS) is 12.0. The molecule has 0 aliphatic rings. The maximum absolute atomic E-state index is 5.41. The van der Waals surface area contributed by atoms with E-state index in [1.54, 1.807) is 18.4 Å². The van der Waals surface area contributed by atoms with Gasteiger partial charge in [0, 0.05) is 19.1 Å². The monoisotopic (exact) mass is 287 g/mol. The zero-order chi connectivity index (χ0) is 14.1. The largest absolute Gasteiger partial charge is 0.382 e. The van der Waals surface area contributed by atoms with E-state index < -0.39 is 0 Å². The predicted octanol–water partition coefficient (Wildman–Crippen LogP) is 2.02. The molecule has 0 atom stereocenters. The smallest absolute Gasteiger partial charge is 0.143 e. The molecule has 0 spiro atoms. The first-order valence-electron chi connectivity index (χ1n) is 6.64. The topological polar surface area (TPSA) is 56.3 Å². The van der Waals surface area contributed by atoms with Crippen molar-refractivity contribution in [2.24, 2.45) is 0 Å². The summed E-state index contributed by atoms with van der Waals surface area (Å²) in [6.45, 7) is 9.27. The number of hydrogen-bond donors (Lipinski definition) is 1. The van der Waals surface area contributed by atoms with Crippen molar-refractivity contribution in [2.45, 2.75) is 45.8 Å². The van der Waals surface area contributed by atoms with Gasteiger partial charge in [-0.15, -0.1) is 10.2 Å². The van der Waals surface area contributed by atoms with Crippen molar-refractivity contribution in [3.05, 3.63) is 10.0 Å². The van der Waals surface area contributed by atoms with Gasteiger partial charge in [0.15, 0.2) is 0 Å². The van der Waals surface area contributed by atoms with Gasteiger partial charge in [0.2, 0.25) is 0 Å². The van der Waals surface area contributed by atoms with Gasteiger partial charge in [0.05, 0.1) is 13.2 Å². The van der Waals surface area contributed by atoms with Gasteiger partial charge in [0.1, 0.15) is 16.6 Å². The van der Waals surface area contributed by atoms with Crippen LogP contribution in [0, 0.1) is 0 Å². The van der Waals surface area contributed by atoms with E-state index in [4.69, 9.17) is 9.47 Å². The number of rotatable bonds is 9. The van der Waals surface area contributed by atoms with Gasteiger partial charge in [-0.1, -0.05) is 11.3 Å². The molecule has 0 saturated heterocycles. The molecule has 0 aliphatic heterocycles. The van der Waals surface area contributed by atoms with Crippen LogP contribution in [0.3, 0.4) is 0 Å². The molecule has 0 amide bonds. The second-order valence-corrected chi connectivity index (χ2v) is 6.56. The lowest BCUT2D eigenvalue weighted by Gasteiger charge is -2.20. The summed E-state index contributed by atoms with van der Waals surface area (Å²) in [7, 11) is 1.66. The Kier molecular flexibility index (Phi) is 7.45. The molecule has 110 valence electrons. The quantitative estimate of drug-likeness (QED) is 0.704. The van der Waals surface area contributed by atoms with E-state index in [0.717, 1.165) is 29.4 Å². The molecule has 6 heteroatoms. The highest BCUT2D eigenvalue weighted by Crippen LogP contribution is 2.12. The summed E-state index contributed by atoms with van der Waals surface area (Å²) in [5, 5.41) is 13.8. The van der Waals surface area contributed by atoms with Crippen molar-refractivity contribution in [1.82, 2.24) is 15.5 Å². The van der Waals surface area contributed by atoms with E-state index >= 15 is 0 Å². The molecule has 0 aromatic carbocycles. The fourth-order valence-corrected chi connectivity index (χ4v) is 2.28. The highest BCUT2D eigenvalue weighted by atomic mass is 32.1. The Morgan fingerprint density at radius 3 is 2.58 bits per heavy atom. The van der Waals surface area contributed by atoms with Crippen LogP contribution in [0.2, 0.25) is 0 Å². The molecule has 1 heterocycles. The van der Waals surface area contributed by atoms with E-state index in [1.165, 1.54) is 0 Å². The van der Waals surface area contributed by atoms with Crippen LogP contribution in [0.4, 0.5) is 0 Å². The number of nitrogens with one attached hydrogen (secondary N) is 1. The summed E-state index contributed by atoms with van der Waals surface area (Å²) < 4.78 is 10.3. The maximum atomic E-state index is 5.41. The SMILES string of the molecule is COCCOCc1nnc(CCCNC(C)(C)C)s1. The van der Waals surface area contributed by atoms with E-state index in [2.05, 4.69) is 36.3 Å². The van der Waals surface area contributed by atoms with Crippen molar-refractivity contribution in [3.8, 4) is 0 Å². The summed E-state index contributed by atoms with van der Waals surface area (Å²) in [4.78, 5) is 0. The first-order valence-corrected chi connectivity index (χ1v) is 7.46. The van der Waals surface area contributed by atoms with E-state index in [9.17, 15) is 0 Å². The molecule has 1 aromatic rings. The summed E-state index contributed by atoms with van der Waals surface area (Å²) in [5.41, 5.74) is 0.182. The molecule has 0 fully saturated rings. The van der Waals surface area contributed by atoms with Crippen LogP contribution in [-0.2, 0) is 22.5 Å². The Hall–Kier alpha value is -0.560. The molecular weight excluding hydrogens is 262 g/mol. The third kappa shape index (κ3) is 8.26. The van der Waals surface area contributed by atoms with E-state index in [-0.39, 0.29) is 5.54 Å². The molecule has 0 bridgehead atoms. The second-order valence-electron chi connectivity index (χ2n) is 5.42. The number of aryl methyl sites for hydroxylation is 1. The third-order valence-corrected chi connectivity index (χ3v) is 3.35. The van der Waals surface area contributed by atoms with Crippen molar-refractivity contribution in [2.75, 3.05) is 26.9 Å². The van der Waals surface area contributed by atoms with E-state index in [1.807, 2.05) is 0 Å². The first kappa shape index (κ1) is 16.5. The third-order valence-electron chi connectivity index (χ3n) is 2.39. The summed E-state index contributed by atoms with van der Waals surface area (Å²) in [5.74, 6) is 0. The highest BCUT2D eigenvalue weighted by molar-refractivity contribution is 7.11. The number of hydrogen-bond acceptors (Lipinski definition) is 6. The molecule has 5 nitrogen and oxygen atoms in total. The second kappa shape index (κ2) is 8.58. The predicted molar refractivity (Wildman–Crippen MR) is 77.5 cm³/mol. The number of aromatic nitrogens is 2. The highest BCUT2D eigenvalue weighted by Gasteiger charge is 2.08. The van der Waals surface area contributed by atoms with Crippen molar-refractivity contribution in [3.63, 3.8) is 0 Å². The molecule has 0 radical (unpaired) electrons.